The van der Waals surface area contributed by atoms with Gasteiger partial charge >= 0.3 is 11.9 Å². The van der Waals surface area contributed by atoms with Gasteiger partial charge in [0.15, 0.2) is 6.61 Å². The number of aryl methyl sites for hydroxylation is 2. The summed E-state index contributed by atoms with van der Waals surface area (Å²) in [6.45, 7) is 12.4. The molecule has 0 radical (unpaired) electrons. The molecular formula is C37H50N4O9S. The van der Waals surface area contributed by atoms with Crippen LogP contribution in [0.5, 0.6) is 5.75 Å². The summed E-state index contributed by atoms with van der Waals surface area (Å²) >= 11 is 1.40. The molecule has 0 unspecified atom stereocenters. The second-order valence-electron chi connectivity index (χ2n) is 14.1. The van der Waals surface area contributed by atoms with Gasteiger partial charge in [0, 0.05) is 23.3 Å². The maximum atomic E-state index is 14.6. The van der Waals surface area contributed by atoms with E-state index >= 15 is 0 Å². The highest BCUT2D eigenvalue weighted by Gasteiger charge is 2.51. The summed E-state index contributed by atoms with van der Waals surface area (Å²) in [5.74, 6) is -3.48. The van der Waals surface area contributed by atoms with Crippen molar-refractivity contribution in [3.05, 3.63) is 65.2 Å². The van der Waals surface area contributed by atoms with Gasteiger partial charge in [-0.15, -0.1) is 11.8 Å². The minimum absolute atomic E-state index is 0.0819. The fourth-order valence-corrected chi connectivity index (χ4v) is 6.79. The normalized spacial score (nSPS) is 16.4. The Bertz CT molecular complexity index is 1560. The smallest absolute Gasteiger partial charge is 0.307 e. The van der Waals surface area contributed by atoms with Crippen LogP contribution in [0.2, 0.25) is 0 Å². The molecule has 278 valence electrons. The molecule has 2 aromatic rings. The molecule has 0 aromatic heterocycles. The van der Waals surface area contributed by atoms with E-state index in [-0.39, 0.29) is 44.2 Å². The summed E-state index contributed by atoms with van der Waals surface area (Å²) in [7, 11) is 0. The maximum absolute atomic E-state index is 14.6. The van der Waals surface area contributed by atoms with E-state index in [0.717, 1.165) is 16.7 Å². The standard InChI is InChI=1S/C37H50N4O9S/c1-23-12-11-13-24(2)31(23)49-21-28(43)39-26(20-25-14-9-8-10-15-25)32(50-30(46)17-16-27(42)38-19-18-29(44)45)35(48)41-22-51-37(6,7)33(41)34(47)40-36(3,4)5/h8-15,26,32-33H,16-22H2,1-7H3,(H,38,42)(H,39,43)(H,40,47)(H,44,45)/t26-,32-,33+/m0/s1. The monoisotopic (exact) mass is 726 g/mol. The van der Waals surface area contributed by atoms with Crippen molar-refractivity contribution >= 4 is 47.3 Å². The van der Waals surface area contributed by atoms with Gasteiger partial charge < -0.3 is 35.4 Å². The predicted molar refractivity (Wildman–Crippen MR) is 193 cm³/mol. The number of carbonyl (C=O) groups is 6. The molecule has 1 saturated heterocycles. The molecule has 14 heteroatoms. The first-order chi connectivity index (χ1) is 23.9. The Kier molecular flexibility index (Phi) is 14.5. The van der Waals surface area contributed by atoms with Crippen LogP contribution in [0.1, 0.15) is 70.6 Å². The molecule has 0 saturated carbocycles. The molecule has 3 rings (SSSR count). The number of esters is 1. The lowest BCUT2D eigenvalue weighted by atomic mass is 9.96. The minimum atomic E-state index is -1.59. The highest BCUT2D eigenvalue weighted by Crippen LogP contribution is 2.40. The largest absolute Gasteiger partial charge is 0.483 e. The molecule has 0 bridgehead atoms. The second kappa shape index (κ2) is 18.1. The van der Waals surface area contributed by atoms with E-state index in [1.165, 1.54) is 16.7 Å². The average Bonchev–Trinajstić information content (AvgIpc) is 3.36. The molecule has 51 heavy (non-hydrogen) atoms. The van der Waals surface area contributed by atoms with Crippen molar-refractivity contribution in [3.8, 4) is 5.75 Å². The lowest BCUT2D eigenvalue weighted by molar-refractivity contribution is -0.164. The van der Waals surface area contributed by atoms with Crippen LogP contribution < -0.4 is 20.7 Å². The van der Waals surface area contributed by atoms with Gasteiger partial charge in [-0.2, -0.15) is 0 Å². The highest BCUT2D eigenvalue weighted by molar-refractivity contribution is 8.00. The molecule has 4 amide bonds. The molecule has 1 aliphatic rings. The number of ether oxygens (including phenoxy) is 2. The first-order valence-corrected chi connectivity index (χ1v) is 17.8. The number of thioether (sulfide) groups is 1. The molecule has 4 N–H and O–H groups in total. The first kappa shape index (κ1) is 40.8. The van der Waals surface area contributed by atoms with Crippen molar-refractivity contribution in [2.45, 2.75) is 103 Å². The summed E-state index contributed by atoms with van der Waals surface area (Å²) in [5.41, 5.74) is 1.83. The molecule has 3 atom stereocenters. The molecular weight excluding hydrogens is 676 g/mol. The topological polar surface area (TPSA) is 180 Å². The van der Waals surface area contributed by atoms with E-state index in [2.05, 4.69) is 16.0 Å². The quantitative estimate of drug-likeness (QED) is 0.188. The summed E-state index contributed by atoms with van der Waals surface area (Å²) < 4.78 is 11.0. The fraction of sp³-hybridized carbons (Fsp3) is 0.514. The molecule has 0 spiro atoms. The van der Waals surface area contributed by atoms with Crippen LogP contribution in [0.4, 0.5) is 0 Å². The van der Waals surface area contributed by atoms with Gasteiger partial charge in [-0.1, -0.05) is 48.5 Å². The Morgan fingerprint density at radius 3 is 2.20 bits per heavy atom. The van der Waals surface area contributed by atoms with Crippen molar-refractivity contribution in [2.24, 2.45) is 0 Å². The number of hydrogen-bond donors (Lipinski definition) is 4. The van der Waals surface area contributed by atoms with E-state index in [4.69, 9.17) is 14.6 Å². The van der Waals surface area contributed by atoms with E-state index < -0.39 is 64.6 Å². The van der Waals surface area contributed by atoms with Crippen LogP contribution in [0, 0.1) is 13.8 Å². The van der Waals surface area contributed by atoms with Crippen LogP contribution in [0.15, 0.2) is 48.5 Å². The average molecular weight is 727 g/mol. The lowest BCUT2D eigenvalue weighted by Crippen LogP contribution is -2.61. The van der Waals surface area contributed by atoms with Crippen LogP contribution in [-0.4, -0.2) is 93.1 Å². The Hall–Kier alpha value is -4.59. The third-order valence-electron chi connectivity index (χ3n) is 8.06. The molecule has 1 aliphatic heterocycles. The van der Waals surface area contributed by atoms with Crippen LogP contribution in [0.25, 0.3) is 0 Å². The van der Waals surface area contributed by atoms with Crippen molar-refractivity contribution in [1.82, 2.24) is 20.9 Å². The summed E-state index contributed by atoms with van der Waals surface area (Å²) in [5, 5.41) is 17.1. The molecule has 13 nitrogen and oxygen atoms in total. The third-order valence-corrected chi connectivity index (χ3v) is 9.44. The zero-order chi connectivity index (χ0) is 37.9. The van der Waals surface area contributed by atoms with Crippen molar-refractivity contribution in [3.63, 3.8) is 0 Å². The molecule has 1 fully saturated rings. The Labute approximate surface area is 303 Å². The zero-order valence-electron chi connectivity index (χ0n) is 30.4. The number of nitrogens with zero attached hydrogens (tertiary/aromatic N) is 1. The number of amides is 4. The van der Waals surface area contributed by atoms with E-state index in [1.54, 1.807) is 12.1 Å². The van der Waals surface area contributed by atoms with Crippen LogP contribution in [0.3, 0.4) is 0 Å². The maximum Gasteiger partial charge on any atom is 0.307 e. The number of para-hydroxylation sites is 1. The van der Waals surface area contributed by atoms with Gasteiger partial charge in [0.25, 0.3) is 11.8 Å². The third kappa shape index (κ3) is 12.6. The summed E-state index contributed by atoms with van der Waals surface area (Å²) in [6.07, 6.45) is -2.52. The molecule has 2 aromatic carbocycles. The van der Waals surface area contributed by atoms with Gasteiger partial charge in [0.1, 0.15) is 11.8 Å². The predicted octanol–water partition coefficient (Wildman–Crippen LogP) is 3.29. The van der Waals surface area contributed by atoms with E-state index in [9.17, 15) is 28.8 Å². The highest BCUT2D eigenvalue weighted by atomic mass is 32.2. The van der Waals surface area contributed by atoms with Gasteiger partial charge in [0.2, 0.25) is 17.9 Å². The van der Waals surface area contributed by atoms with Gasteiger partial charge in [0.05, 0.1) is 24.8 Å². The van der Waals surface area contributed by atoms with Crippen LogP contribution >= 0.6 is 11.8 Å². The van der Waals surface area contributed by atoms with E-state index in [1.807, 2.05) is 84.9 Å². The van der Waals surface area contributed by atoms with Crippen LogP contribution in [-0.2, 0) is 39.9 Å². The lowest BCUT2D eigenvalue weighted by Gasteiger charge is -2.36. The fourth-order valence-electron chi connectivity index (χ4n) is 5.65. The number of rotatable bonds is 16. The van der Waals surface area contributed by atoms with E-state index in [0.29, 0.717) is 5.75 Å². The Morgan fingerprint density at radius 2 is 1.59 bits per heavy atom. The second-order valence-corrected chi connectivity index (χ2v) is 15.7. The van der Waals surface area contributed by atoms with Crippen molar-refractivity contribution in [2.75, 3.05) is 19.0 Å². The number of benzene rings is 2. The number of nitrogens with one attached hydrogen (secondary N) is 3. The minimum Gasteiger partial charge on any atom is -0.483 e. The number of aliphatic carboxylic acids is 1. The molecule has 0 aliphatic carbocycles. The Balaban J connectivity index is 1.95. The summed E-state index contributed by atoms with van der Waals surface area (Å²) in [6, 6.07) is 12.6. The number of carboxylic acid groups (broad SMARTS) is 1. The number of carboxylic acids is 1. The number of hydrogen-bond acceptors (Lipinski definition) is 9. The Morgan fingerprint density at radius 1 is 0.941 bits per heavy atom. The first-order valence-electron chi connectivity index (χ1n) is 16.8. The summed E-state index contributed by atoms with van der Waals surface area (Å²) in [4.78, 5) is 79.6. The number of carbonyl (C=O) groups excluding carboxylic acids is 5. The van der Waals surface area contributed by atoms with Crippen molar-refractivity contribution in [1.29, 1.82) is 0 Å². The zero-order valence-corrected chi connectivity index (χ0v) is 31.2. The van der Waals surface area contributed by atoms with Gasteiger partial charge in [-0.3, -0.25) is 28.8 Å². The SMILES string of the molecule is Cc1cccc(C)c1OCC(=O)N[C@@H](Cc1ccccc1)[C@H](OC(=O)CCC(=O)NCCC(=O)O)C(=O)N1CSC(C)(C)[C@H]1C(=O)NC(C)(C)C. The van der Waals surface area contributed by atoms with Gasteiger partial charge in [-0.05, 0) is 71.6 Å². The van der Waals surface area contributed by atoms with Crippen molar-refractivity contribution < 1.29 is 43.3 Å². The van der Waals surface area contributed by atoms with Gasteiger partial charge in [-0.25, -0.2) is 0 Å². The molecule has 1 heterocycles.